The molecule has 0 amide bonds. The maximum Gasteiger partial charge on any atom is 0.261 e. The number of halogens is 3. The highest BCUT2D eigenvalue weighted by Crippen LogP contribution is 2.31. The molecule has 3 rings (SSSR count). The fourth-order valence-electron chi connectivity index (χ4n) is 2.29. The monoisotopic (exact) mass is 452 g/mol. The Morgan fingerprint density at radius 2 is 1.64 bits per heavy atom. The molecule has 0 fully saturated rings. The van der Waals surface area contributed by atoms with Crippen LogP contribution in [0.2, 0.25) is 15.1 Å². The molecule has 0 spiro atoms. The lowest BCUT2D eigenvalue weighted by Crippen LogP contribution is -2.13. The maximum absolute atomic E-state index is 12.5. The first kappa shape index (κ1) is 20.3. The topological polar surface area (TPSA) is 79.2 Å². The lowest BCUT2D eigenvalue weighted by atomic mass is 10.2. The van der Waals surface area contributed by atoms with Gasteiger partial charge in [-0.05, 0) is 54.6 Å². The minimum atomic E-state index is -3.86. The van der Waals surface area contributed by atoms with Gasteiger partial charge in [0.1, 0.15) is 23.1 Å². The van der Waals surface area contributed by atoms with Crippen molar-refractivity contribution in [2.45, 2.75) is 4.90 Å². The summed E-state index contributed by atoms with van der Waals surface area (Å²) in [6.07, 6.45) is 0. The average molecular weight is 454 g/mol. The van der Waals surface area contributed by atoms with Gasteiger partial charge in [0, 0.05) is 5.02 Å². The van der Waals surface area contributed by atoms with Crippen molar-refractivity contribution in [1.29, 1.82) is 5.26 Å². The van der Waals surface area contributed by atoms with Gasteiger partial charge < -0.3 is 4.74 Å². The molecule has 0 aliphatic rings. The lowest BCUT2D eigenvalue weighted by Gasteiger charge is -2.11. The van der Waals surface area contributed by atoms with Gasteiger partial charge in [0.2, 0.25) is 0 Å². The minimum Gasteiger partial charge on any atom is -0.456 e. The van der Waals surface area contributed by atoms with Gasteiger partial charge in [-0.2, -0.15) is 5.26 Å². The molecule has 0 radical (unpaired) electrons. The molecule has 9 heteroatoms. The van der Waals surface area contributed by atoms with E-state index in [1.54, 1.807) is 18.2 Å². The average Bonchev–Trinajstić information content (AvgIpc) is 2.65. The van der Waals surface area contributed by atoms with E-state index in [9.17, 15) is 13.7 Å². The first-order valence-corrected chi connectivity index (χ1v) is 10.4. The molecule has 0 aromatic heterocycles. The van der Waals surface area contributed by atoms with Crippen LogP contribution in [-0.4, -0.2) is 8.42 Å². The summed E-state index contributed by atoms with van der Waals surface area (Å²) in [6.45, 7) is 0. The number of nitriles is 1. The second kappa shape index (κ2) is 8.29. The molecule has 0 saturated heterocycles. The van der Waals surface area contributed by atoms with Crippen LogP contribution in [0, 0.1) is 11.3 Å². The predicted octanol–water partition coefficient (Wildman–Crippen LogP) is 6.11. The summed E-state index contributed by atoms with van der Waals surface area (Å²) in [5.41, 5.74) is 0.406. The first-order valence-electron chi connectivity index (χ1n) is 7.74. The molecule has 5 nitrogen and oxygen atoms in total. The van der Waals surface area contributed by atoms with Crippen molar-refractivity contribution in [2.75, 3.05) is 4.72 Å². The zero-order valence-electron chi connectivity index (χ0n) is 14.0. The summed E-state index contributed by atoms with van der Waals surface area (Å²) in [5, 5.41) is 10.0. The van der Waals surface area contributed by atoms with Crippen molar-refractivity contribution in [3.05, 3.63) is 81.3 Å². The first-order chi connectivity index (χ1) is 13.3. The van der Waals surface area contributed by atoms with E-state index in [-0.39, 0.29) is 31.9 Å². The molecule has 0 aliphatic carbocycles. The van der Waals surface area contributed by atoms with Crippen molar-refractivity contribution in [3.8, 4) is 17.6 Å². The maximum atomic E-state index is 12.5. The van der Waals surface area contributed by atoms with E-state index in [0.29, 0.717) is 10.8 Å². The Labute approximate surface area is 177 Å². The standard InChI is InChI=1S/C19H11Cl3N2O3S/c20-12-4-9-18(17(22)10-12)24-28(25,26)14-7-5-13(6-8-14)27-19-3-1-2-16(21)15(19)11-23/h1-10,24H. The molecule has 28 heavy (non-hydrogen) atoms. The summed E-state index contributed by atoms with van der Waals surface area (Å²) >= 11 is 17.8. The number of anilines is 1. The van der Waals surface area contributed by atoms with Gasteiger partial charge in [-0.3, -0.25) is 4.72 Å². The molecule has 0 aliphatic heterocycles. The summed E-state index contributed by atoms with van der Waals surface area (Å²) in [4.78, 5) is 0.0115. The molecule has 0 atom stereocenters. The van der Waals surface area contributed by atoms with Crippen LogP contribution in [0.1, 0.15) is 5.56 Å². The minimum absolute atomic E-state index is 0.0115. The summed E-state index contributed by atoms with van der Waals surface area (Å²) in [5.74, 6) is 0.624. The number of sulfonamides is 1. The van der Waals surface area contributed by atoms with Crippen LogP contribution >= 0.6 is 34.8 Å². The molecule has 1 N–H and O–H groups in total. The van der Waals surface area contributed by atoms with Crippen LogP contribution in [0.25, 0.3) is 0 Å². The molecule has 3 aromatic carbocycles. The molecule has 3 aromatic rings. The van der Waals surface area contributed by atoms with E-state index in [1.807, 2.05) is 6.07 Å². The van der Waals surface area contributed by atoms with Crippen LogP contribution in [0.4, 0.5) is 5.69 Å². The number of rotatable bonds is 5. The molecular weight excluding hydrogens is 443 g/mol. The quantitative estimate of drug-likeness (QED) is 0.505. The van der Waals surface area contributed by atoms with E-state index in [0.717, 1.165) is 0 Å². The van der Waals surface area contributed by atoms with Crippen LogP contribution in [-0.2, 0) is 10.0 Å². The third kappa shape index (κ3) is 4.51. The van der Waals surface area contributed by atoms with Crippen LogP contribution < -0.4 is 9.46 Å². The Balaban J connectivity index is 1.82. The van der Waals surface area contributed by atoms with Crippen molar-refractivity contribution in [3.63, 3.8) is 0 Å². The molecule has 142 valence electrons. The number of nitrogens with one attached hydrogen (secondary N) is 1. The highest BCUT2D eigenvalue weighted by atomic mass is 35.5. The van der Waals surface area contributed by atoms with E-state index < -0.39 is 10.0 Å². The van der Waals surface area contributed by atoms with E-state index in [2.05, 4.69) is 4.72 Å². The van der Waals surface area contributed by atoms with Gasteiger partial charge >= 0.3 is 0 Å². The third-order valence-electron chi connectivity index (χ3n) is 3.62. The van der Waals surface area contributed by atoms with Crippen molar-refractivity contribution in [2.24, 2.45) is 0 Å². The number of hydrogen-bond acceptors (Lipinski definition) is 4. The number of ether oxygens (including phenoxy) is 1. The van der Waals surface area contributed by atoms with Gasteiger partial charge in [-0.25, -0.2) is 8.42 Å². The highest BCUT2D eigenvalue weighted by molar-refractivity contribution is 7.92. The zero-order valence-corrected chi connectivity index (χ0v) is 17.1. The number of hydrogen-bond donors (Lipinski definition) is 1. The Kier molecular flexibility index (Phi) is 6.01. The fourth-order valence-corrected chi connectivity index (χ4v) is 4.09. The van der Waals surface area contributed by atoms with E-state index in [1.165, 1.54) is 42.5 Å². The second-order valence-corrected chi connectivity index (χ2v) is 8.46. The lowest BCUT2D eigenvalue weighted by molar-refractivity contribution is 0.480. The van der Waals surface area contributed by atoms with Crippen molar-refractivity contribution >= 4 is 50.5 Å². The van der Waals surface area contributed by atoms with E-state index >= 15 is 0 Å². The van der Waals surface area contributed by atoms with Crippen molar-refractivity contribution < 1.29 is 13.2 Å². The summed E-state index contributed by atoms with van der Waals surface area (Å²) in [7, 11) is -3.86. The smallest absolute Gasteiger partial charge is 0.261 e. The molecule has 0 bridgehead atoms. The van der Waals surface area contributed by atoms with Crippen LogP contribution in [0.3, 0.4) is 0 Å². The summed E-state index contributed by atoms with van der Waals surface area (Å²) < 4.78 is 33.1. The van der Waals surface area contributed by atoms with Gasteiger partial charge in [0.15, 0.2) is 0 Å². The Hall–Kier alpha value is -2.43. The second-order valence-electron chi connectivity index (χ2n) is 5.53. The van der Waals surface area contributed by atoms with Gasteiger partial charge in [-0.15, -0.1) is 0 Å². The zero-order chi connectivity index (χ0) is 20.3. The van der Waals surface area contributed by atoms with Crippen LogP contribution in [0.15, 0.2) is 65.6 Å². The van der Waals surface area contributed by atoms with E-state index in [4.69, 9.17) is 39.5 Å². The number of nitrogens with zero attached hydrogens (tertiary/aromatic N) is 1. The number of benzene rings is 3. The highest BCUT2D eigenvalue weighted by Gasteiger charge is 2.16. The molecular formula is C19H11Cl3N2O3S. The Bertz CT molecular complexity index is 1170. The Morgan fingerprint density at radius 3 is 2.29 bits per heavy atom. The summed E-state index contributed by atoms with van der Waals surface area (Å²) in [6, 6.07) is 16.9. The normalized spacial score (nSPS) is 10.9. The third-order valence-corrected chi connectivity index (χ3v) is 5.87. The molecule has 0 saturated carbocycles. The van der Waals surface area contributed by atoms with Gasteiger partial charge in [-0.1, -0.05) is 40.9 Å². The predicted molar refractivity (Wildman–Crippen MR) is 110 cm³/mol. The van der Waals surface area contributed by atoms with Gasteiger partial charge in [0.05, 0.1) is 20.6 Å². The van der Waals surface area contributed by atoms with Gasteiger partial charge in [0.25, 0.3) is 10.0 Å². The van der Waals surface area contributed by atoms with Crippen molar-refractivity contribution in [1.82, 2.24) is 0 Å². The molecule has 0 heterocycles. The largest absolute Gasteiger partial charge is 0.456 e. The molecule has 0 unspecified atom stereocenters. The fraction of sp³-hybridized carbons (Fsp3) is 0. The van der Waals surface area contributed by atoms with Crippen LogP contribution in [0.5, 0.6) is 11.5 Å². The SMILES string of the molecule is N#Cc1c(Cl)cccc1Oc1ccc(S(=O)(=O)Nc2ccc(Cl)cc2Cl)cc1. The Morgan fingerprint density at radius 1 is 0.929 bits per heavy atom.